The standard InChI is InChI=1S/C59H58O17Si/c1-77(2,3)35-34-67-58-51(75-57(66)43-32-20-9-21-33-43)49(73-55(64)41-28-16-7-17-29-41)47(45(71-58)37-69-53(62)39-24-12-5-13-25-39)76-59-50(74-56(65)42-30-18-8-19-31-42)48(72-54(63)40-26-14-6-15-27-40)46(60)44(70-59)36-68-52(61)38-22-10-4-11-23-38/h4-33,44-51,58-60H,34-37H2,1-3H3/t44-,45-,46+,47-,48+,49+,50-,51-,58-,59+/m1/s1. The van der Waals surface area contributed by atoms with E-state index in [1.165, 1.54) is 60.7 Å². The fraction of sp³-hybridized carbons (Fsp3) is 0.288. The SMILES string of the molecule is C[Si](C)(C)CCO[C@@H]1O[C@H](COC(=O)c2ccccc2)[C@@H](O[C@@H]2O[C@H](COC(=O)c3ccccc3)[C@H](O)[C@H](OC(=O)c3ccccc3)[C@H]2OC(=O)c2ccccc2)[C@H](OC(=O)c2ccccc2)[C@H]1OC(=O)c1ccccc1. The van der Waals surface area contributed by atoms with Crippen LogP contribution in [0.25, 0.3) is 0 Å². The van der Waals surface area contributed by atoms with Crippen molar-refractivity contribution < 1.29 is 81.2 Å². The molecule has 0 aromatic heterocycles. The molecule has 2 fully saturated rings. The molecule has 2 aliphatic heterocycles. The third-order valence-electron chi connectivity index (χ3n) is 12.4. The van der Waals surface area contributed by atoms with E-state index in [0.29, 0.717) is 6.04 Å². The highest BCUT2D eigenvalue weighted by Crippen LogP contribution is 2.36. The highest BCUT2D eigenvalue weighted by atomic mass is 28.3. The Hall–Kier alpha value is -7.84. The molecule has 2 heterocycles. The summed E-state index contributed by atoms with van der Waals surface area (Å²) in [6, 6.07) is 48.2. The van der Waals surface area contributed by atoms with Gasteiger partial charge in [-0.2, -0.15) is 0 Å². The van der Waals surface area contributed by atoms with Crippen LogP contribution >= 0.6 is 0 Å². The maximum absolute atomic E-state index is 14.5. The Labute approximate surface area is 445 Å². The van der Waals surface area contributed by atoms with Crippen LogP contribution in [-0.2, 0) is 47.4 Å². The third-order valence-corrected chi connectivity index (χ3v) is 14.1. The summed E-state index contributed by atoms with van der Waals surface area (Å²) in [5.41, 5.74) is 0.640. The molecule has 2 saturated heterocycles. The van der Waals surface area contributed by atoms with E-state index in [1.54, 1.807) is 121 Å². The zero-order chi connectivity index (χ0) is 54.3. The molecule has 17 nitrogen and oxygen atoms in total. The van der Waals surface area contributed by atoms with Crippen molar-refractivity contribution in [3.63, 3.8) is 0 Å². The topological polar surface area (TPSA) is 215 Å². The van der Waals surface area contributed by atoms with E-state index < -0.39 is 119 Å². The van der Waals surface area contributed by atoms with Crippen LogP contribution in [-0.4, -0.2) is 130 Å². The number of ether oxygens (including phenoxy) is 10. The monoisotopic (exact) mass is 1070 g/mol. The number of carbonyl (C=O) groups excluding carboxylic acids is 6. The lowest BCUT2D eigenvalue weighted by Gasteiger charge is -2.48. The summed E-state index contributed by atoms with van der Waals surface area (Å²) < 4.78 is 63.0. The van der Waals surface area contributed by atoms with E-state index in [2.05, 4.69) is 19.6 Å². The molecule has 10 atom stereocenters. The molecule has 0 amide bonds. The molecule has 18 heteroatoms. The minimum Gasteiger partial charge on any atom is -0.459 e. The maximum Gasteiger partial charge on any atom is 0.338 e. The summed E-state index contributed by atoms with van der Waals surface area (Å²) in [6.07, 6.45) is -17.3. The molecule has 0 unspecified atom stereocenters. The quantitative estimate of drug-likeness (QED) is 0.0434. The predicted molar refractivity (Wildman–Crippen MR) is 278 cm³/mol. The molecule has 0 bridgehead atoms. The van der Waals surface area contributed by atoms with Crippen LogP contribution in [0.15, 0.2) is 182 Å². The van der Waals surface area contributed by atoms with Gasteiger partial charge in [-0.3, -0.25) is 0 Å². The normalized spacial score (nSPS) is 23.1. The van der Waals surface area contributed by atoms with Crippen molar-refractivity contribution >= 4 is 43.9 Å². The van der Waals surface area contributed by atoms with Crippen LogP contribution in [0.4, 0.5) is 0 Å². The lowest BCUT2D eigenvalue weighted by molar-refractivity contribution is -0.356. The molecule has 0 saturated carbocycles. The fourth-order valence-corrected chi connectivity index (χ4v) is 9.03. The smallest absolute Gasteiger partial charge is 0.338 e. The van der Waals surface area contributed by atoms with Crippen LogP contribution in [0, 0.1) is 0 Å². The first kappa shape index (κ1) is 55.4. The summed E-state index contributed by atoms with van der Waals surface area (Å²) in [5, 5.41) is 12.2. The van der Waals surface area contributed by atoms with Gasteiger partial charge in [0, 0.05) is 14.7 Å². The van der Waals surface area contributed by atoms with E-state index in [-0.39, 0.29) is 40.0 Å². The number of aliphatic hydroxyl groups excluding tert-OH is 1. The minimum absolute atomic E-state index is 0.0420. The summed E-state index contributed by atoms with van der Waals surface area (Å²) in [6.45, 7) is 5.19. The first-order valence-corrected chi connectivity index (χ1v) is 28.7. The van der Waals surface area contributed by atoms with Gasteiger partial charge in [0.25, 0.3) is 0 Å². The molecular formula is C59H58O17Si. The molecule has 2 aliphatic rings. The zero-order valence-electron chi connectivity index (χ0n) is 42.4. The highest BCUT2D eigenvalue weighted by molar-refractivity contribution is 6.76. The molecule has 0 aliphatic carbocycles. The van der Waals surface area contributed by atoms with Gasteiger partial charge in [-0.15, -0.1) is 0 Å². The van der Waals surface area contributed by atoms with Crippen molar-refractivity contribution in [2.45, 2.75) is 87.1 Å². The number of esters is 6. The number of benzene rings is 6. The highest BCUT2D eigenvalue weighted by Gasteiger charge is 2.57. The van der Waals surface area contributed by atoms with Crippen LogP contribution in [0.2, 0.25) is 25.7 Å². The van der Waals surface area contributed by atoms with E-state index in [9.17, 15) is 33.9 Å². The average Bonchev–Trinajstić information content (AvgIpc) is 3.46. The molecular weight excluding hydrogens is 1010 g/mol. The Morgan fingerprint density at radius 2 is 0.714 bits per heavy atom. The molecule has 0 radical (unpaired) electrons. The summed E-state index contributed by atoms with van der Waals surface area (Å²) in [4.78, 5) is 84.2. The first-order chi connectivity index (χ1) is 37.2. The number of carbonyl (C=O) groups is 6. The second-order valence-corrected chi connectivity index (χ2v) is 24.9. The second kappa shape index (κ2) is 26.3. The molecule has 6 aromatic carbocycles. The van der Waals surface area contributed by atoms with E-state index >= 15 is 0 Å². The molecule has 6 aromatic rings. The number of rotatable bonds is 20. The predicted octanol–water partition coefficient (Wildman–Crippen LogP) is 8.15. The first-order valence-electron chi connectivity index (χ1n) is 25.0. The van der Waals surface area contributed by atoms with Crippen molar-refractivity contribution in [3.05, 3.63) is 215 Å². The molecule has 77 heavy (non-hydrogen) atoms. The second-order valence-electron chi connectivity index (χ2n) is 19.2. The average molecular weight is 1070 g/mol. The lowest BCUT2D eigenvalue weighted by atomic mass is 9.95. The van der Waals surface area contributed by atoms with Crippen molar-refractivity contribution in [2.75, 3.05) is 19.8 Å². The fourth-order valence-electron chi connectivity index (χ4n) is 8.30. The van der Waals surface area contributed by atoms with E-state index in [0.717, 1.165) is 0 Å². The molecule has 400 valence electrons. The van der Waals surface area contributed by atoms with Crippen LogP contribution < -0.4 is 0 Å². The van der Waals surface area contributed by atoms with E-state index in [1.807, 2.05) is 0 Å². The number of hydrogen-bond donors (Lipinski definition) is 1. The largest absolute Gasteiger partial charge is 0.459 e. The zero-order valence-corrected chi connectivity index (χ0v) is 43.4. The summed E-state index contributed by atoms with van der Waals surface area (Å²) in [5.74, 6) is -5.29. The van der Waals surface area contributed by atoms with Gasteiger partial charge in [-0.25, -0.2) is 28.8 Å². The van der Waals surface area contributed by atoms with Gasteiger partial charge in [-0.05, 0) is 78.8 Å². The van der Waals surface area contributed by atoms with Crippen molar-refractivity contribution in [2.24, 2.45) is 0 Å². The minimum atomic E-state index is -1.96. The van der Waals surface area contributed by atoms with Gasteiger partial charge < -0.3 is 52.5 Å². The number of hydrogen-bond acceptors (Lipinski definition) is 17. The van der Waals surface area contributed by atoms with Crippen LogP contribution in [0.5, 0.6) is 0 Å². The maximum atomic E-state index is 14.5. The van der Waals surface area contributed by atoms with Crippen molar-refractivity contribution in [1.29, 1.82) is 0 Å². The Morgan fingerprint density at radius 1 is 0.403 bits per heavy atom. The van der Waals surface area contributed by atoms with Gasteiger partial charge in [0.1, 0.15) is 37.6 Å². The van der Waals surface area contributed by atoms with Gasteiger partial charge in [0.05, 0.1) is 33.4 Å². The third kappa shape index (κ3) is 15.0. The number of aliphatic hydroxyl groups is 1. The van der Waals surface area contributed by atoms with Gasteiger partial charge >= 0.3 is 35.8 Å². The van der Waals surface area contributed by atoms with Gasteiger partial charge in [0.15, 0.2) is 37.0 Å². The Bertz CT molecular complexity index is 2890. The van der Waals surface area contributed by atoms with Crippen molar-refractivity contribution in [3.8, 4) is 0 Å². The summed E-state index contributed by atoms with van der Waals surface area (Å²) in [7, 11) is -1.81. The molecule has 1 N–H and O–H groups in total. The molecule has 8 rings (SSSR count). The summed E-state index contributed by atoms with van der Waals surface area (Å²) >= 11 is 0. The van der Waals surface area contributed by atoms with Gasteiger partial charge in [0.2, 0.25) is 0 Å². The van der Waals surface area contributed by atoms with Crippen LogP contribution in [0.1, 0.15) is 62.1 Å². The Morgan fingerprint density at radius 3 is 1.09 bits per heavy atom. The van der Waals surface area contributed by atoms with E-state index in [4.69, 9.17) is 47.4 Å². The van der Waals surface area contributed by atoms with Gasteiger partial charge in [-0.1, -0.05) is 129 Å². The lowest BCUT2D eigenvalue weighted by Crippen LogP contribution is -2.67. The Kier molecular flexibility index (Phi) is 18.9. The Balaban J connectivity index is 1.26. The molecule has 0 spiro atoms. The van der Waals surface area contributed by atoms with Crippen molar-refractivity contribution in [1.82, 2.24) is 0 Å². The van der Waals surface area contributed by atoms with Crippen LogP contribution in [0.3, 0.4) is 0 Å².